The van der Waals surface area contributed by atoms with Gasteiger partial charge in [0.2, 0.25) is 0 Å². The first-order valence-electron chi connectivity index (χ1n) is 16.7. The van der Waals surface area contributed by atoms with Crippen molar-refractivity contribution in [2.75, 3.05) is 0 Å². The van der Waals surface area contributed by atoms with Gasteiger partial charge in [0.15, 0.2) is 0 Å². The fourth-order valence-corrected chi connectivity index (χ4v) is 7.34. The Balaban J connectivity index is 0.00000461. The van der Waals surface area contributed by atoms with Crippen molar-refractivity contribution in [3.05, 3.63) is 74.9 Å². The smallest absolute Gasteiger partial charge is 0.657 e. The molecule has 0 N–H and O–H groups in total. The van der Waals surface area contributed by atoms with Gasteiger partial charge in [-0.25, -0.2) is 9.97 Å². The Hall–Kier alpha value is -3.47. The Kier molecular flexibility index (Phi) is 11.3. The monoisotopic (exact) mass is 649 g/mol. The number of hydrogen-bond acceptors (Lipinski definition) is 3. The van der Waals surface area contributed by atoms with E-state index >= 15 is 0 Å². The minimum Gasteiger partial charge on any atom is -0.657 e. The van der Waals surface area contributed by atoms with Gasteiger partial charge >= 0.3 is 17.1 Å². The Morgan fingerprint density at radius 1 is 0.556 bits per heavy atom. The molecule has 45 heavy (non-hydrogen) atoms. The average Bonchev–Trinajstić information content (AvgIpc) is 3.76. The van der Waals surface area contributed by atoms with Crippen LogP contribution in [-0.2, 0) is 47.5 Å². The summed E-state index contributed by atoms with van der Waals surface area (Å²) in [5.74, 6) is 0. The number of rotatable bonds is 10. The van der Waals surface area contributed by atoms with Crippen molar-refractivity contribution in [3.8, 4) is 0 Å². The van der Waals surface area contributed by atoms with E-state index in [2.05, 4.69) is 73.6 Å². The molecule has 3 aromatic rings. The summed E-state index contributed by atoms with van der Waals surface area (Å²) in [6, 6.07) is 6.61. The molecule has 8 bridgehead atoms. The molecule has 0 saturated heterocycles. The maximum absolute atomic E-state index is 11.7. The van der Waals surface area contributed by atoms with Gasteiger partial charge in [0.25, 0.3) is 0 Å². The average molecular weight is 650 g/mol. The van der Waals surface area contributed by atoms with Crippen LogP contribution in [0.15, 0.2) is 24.3 Å². The number of nitrogens with zero attached hydrogens (tertiary/aromatic N) is 4. The topological polar surface area (TPSA) is 71.1 Å². The number of aryl methyl sites for hydroxylation is 4. The second kappa shape index (κ2) is 14.7. The minimum absolute atomic E-state index is 0. The fourth-order valence-electron chi connectivity index (χ4n) is 7.34. The number of aromatic nitrogens is 4. The van der Waals surface area contributed by atoms with E-state index in [4.69, 9.17) is 19.9 Å². The molecule has 5 heterocycles. The third-order valence-electron chi connectivity index (χ3n) is 9.33. The van der Waals surface area contributed by atoms with Gasteiger partial charge in [-0.1, -0.05) is 102 Å². The third kappa shape index (κ3) is 5.95. The van der Waals surface area contributed by atoms with Crippen LogP contribution in [0.2, 0.25) is 0 Å². The van der Waals surface area contributed by atoms with E-state index in [1.807, 2.05) is 6.08 Å². The summed E-state index contributed by atoms with van der Waals surface area (Å²) in [5.41, 5.74) is 18.8. The van der Waals surface area contributed by atoms with Crippen molar-refractivity contribution in [2.24, 2.45) is 0 Å². The van der Waals surface area contributed by atoms with Crippen molar-refractivity contribution in [2.45, 2.75) is 107 Å². The first-order chi connectivity index (χ1) is 21.4. The Morgan fingerprint density at radius 3 is 1.42 bits per heavy atom. The largest absolute Gasteiger partial charge is 2.00 e. The van der Waals surface area contributed by atoms with Crippen LogP contribution in [0.3, 0.4) is 0 Å². The van der Waals surface area contributed by atoms with Crippen LogP contribution in [0.5, 0.6) is 0 Å². The summed E-state index contributed by atoms with van der Waals surface area (Å²) in [5, 5.41) is 0. The Morgan fingerprint density at radius 2 is 0.978 bits per heavy atom. The van der Waals surface area contributed by atoms with Crippen molar-refractivity contribution >= 4 is 56.7 Å². The van der Waals surface area contributed by atoms with Crippen molar-refractivity contribution in [3.63, 3.8) is 0 Å². The number of allylic oxidation sites excluding steroid dienone is 5. The number of fused-ring (bicyclic) bond motifs is 8. The number of carbonyl (C=O) groups is 1. The molecule has 2 aliphatic rings. The van der Waals surface area contributed by atoms with Crippen LogP contribution in [0.1, 0.15) is 132 Å². The van der Waals surface area contributed by atoms with E-state index in [1.165, 1.54) is 44.5 Å². The zero-order chi connectivity index (χ0) is 31.5. The van der Waals surface area contributed by atoms with Gasteiger partial charge in [0.1, 0.15) is 6.29 Å². The molecule has 0 aromatic carbocycles. The van der Waals surface area contributed by atoms with E-state index in [0.717, 1.165) is 108 Å². The van der Waals surface area contributed by atoms with Crippen LogP contribution in [-0.4, -0.2) is 16.3 Å². The molecular formula is C39H46CuN4O. The molecular weight excluding hydrogens is 604 g/mol. The Labute approximate surface area is 279 Å². The molecule has 5 rings (SSSR count). The first-order valence-corrected chi connectivity index (χ1v) is 16.7. The van der Waals surface area contributed by atoms with Gasteiger partial charge < -0.3 is 9.97 Å². The van der Waals surface area contributed by atoms with E-state index < -0.39 is 0 Å². The number of hydrogen-bond donors (Lipinski definition) is 0. The summed E-state index contributed by atoms with van der Waals surface area (Å²) < 4.78 is 0. The van der Waals surface area contributed by atoms with Gasteiger partial charge in [0.05, 0.1) is 22.8 Å². The van der Waals surface area contributed by atoms with Gasteiger partial charge in [-0.05, 0) is 85.3 Å². The molecule has 6 heteroatoms. The summed E-state index contributed by atoms with van der Waals surface area (Å²) in [6.45, 7) is 17.7. The maximum atomic E-state index is 11.7. The van der Waals surface area contributed by atoms with Gasteiger partial charge in [-0.15, -0.1) is 22.1 Å². The van der Waals surface area contributed by atoms with E-state index in [0.29, 0.717) is 0 Å². The van der Waals surface area contributed by atoms with Gasteiger partial charge in [-0.2, -0.15) is 0 Å². The molecule has 3 aromatic heterocycles. The molecule has 0 aliphatic carbocycles. The van der Waals surface area contributed by atoms with E-state index in [1.54, 1.807) is 6.08 Å². The molecule has 0 spiro atoms. The minimum atomic E-state index is 0. The zero-order valence-electron chi connectivity index (χ0n) is 28.1. The second-order valence-corrected chi connectivity index (χ2v) is 11.5. The summed E-state index contributed by atoms with van der Waals surface area (Å²) in [7, 11) is 0. The van der Waals surface area contributed by atoms with Crippen molar-refractivity contribution in [1.82, 2.24) is 19.9 Å². The van der Waals surface area contributed by atoms with Crippen LogP contribution in [0.4, 0.5) is 0 Å². The summed E-state index contributed by atoms with van der Waals surface area (Å²) in [4.78, 5) is 32.9. The molecule has 0 atom stereocenters. The second-order valence-electron chi connectivity index (χ2n) is 11.5. The van der Waals surface area contributed by atoms with Crippen LogP contribution in [0, 0.1) is 0 Å². The quantitative estimate of drug-likeness (QED) is 0.124. The van der Waals surface area contributed by atoms with Gasteiger partial charge in [0, 0.05) is 0 Å². The van der Waals surface area contributed by atoms with Gasteiger partial charge in [-0.3, -0.25) is 4.79 Å². The van der Waals surface area contributed by atoms with Crippen LogP contribution >= 0.6 is 0 Å². The molecule has 0 fully saturated rings. The van der Waals surface area contributed by atoms with Crippen molar-refractivity contribution in [1.29, 1.82) is 0 Å². The van der Waals surface area contributed by atoms with E-state index in [-0.39, 0.29) is 17.1 Å². The first kappa shape index (κ1) is 34.4. The molecule has 0 saturated carbocycles. The molecule has 239 valence electrons. The molecule has 0 unspecified atom stereocenters. The van der Waals surface area contributed by atoms with E-state index in [9.17, 15) is 4.79 Å². The molecule has 2 aliphatic heterocycles. The van der Waals surface area contributed by atoms with Crippen LogP contribution in [0.25, 0.3) is 50.4 Å². The predicted octanol–water partition coefficient (Wildman–Crippen LogP) is 9.49. The zero-order valence-corrected chi connectivity index (χ0v) is 29.1. The standard InChI is InChI=1S/C39H47N4O.Cu/c1-9-23-25(11-3)34-21-36-27(13-5)29(15-7)38(42-36)31(18-17-19-44)39-30(16-8)28(14-6)37(43-39)22-35-26(12-4)24(10-2)33(41-35)20-32(23)40-34;/h17-22H,9-16H2,1-8H3,(H-,40,41,42,43,44);/q-1;+2/p-1. The SMILES string of the molecule is CCC1=C(CC)c2cc3[n-]c(c(/C=C/C=O)c4nc(cc5[n-]c(cc1n2)c(CC)c5CC)C(CC)=C4CC)c(CC)c3CC.[Cu+2]. The summed E-state index contributed by atoms with van der Waals surface area (Å²) in [6.07, 6.45) is 11.4. The maximum Gasteiger partial charge on any atom is 2.00 e. The third-order valence-corrected chi connectivity index (χ3v) is 9.33. The number of carbonyl (C=O) groups excluding carboxylic acids is 1. The molecule has 1 radical (unpaired) electrons. The molecule has 0 amide bonds. The normalized spacial score (nSPS) is 13.2. The Bertz CT molecular complexity index is 1870. The molecule has 5 nitrogen and oxygen atoms in total. The fraction of sp³-hybridized carbons (Fsp3) is 0.410. The number of aldehydes is 1. The van der Waals surface area contributed by atoms with Crippen LogP contribution < -0.4 is 9.97 Å². The summed E-state index contributed by atoms with van der Waals surface area (Å²) >= 11 is 0. The predicted molar refractivity (Wildman–Crippen MR) is 186 cm³/mol. The van der Waals surface area contributed by atoms with Crippen molar-refractivity contribution < 1.29 is 21.9 Å².